The molecule has 4 heteroatoms. The molecule has 1 saturated heterocycles. The van der Waals surface area contributed by atoms with Gasteiger partial charge in [-0.1, -0.05) is 30.3 Å². The van der Waals surface area contributed by atoms with Crippen LogP contribution in [-0.4, -0.2) is 43.2 Å². The molecule has 4 nitrogen and oxygen atoms in total. The number of ether oxygens (including phenoxy) is 1. The molecular weight excluding hydrogens is 276 g/mol. The van der Waals surface area contributed by atoms with Crippen molar-refractivity contribution < 1.29 is 9.53 Å². The topological polar surface area (TPSA) is 41.6 Å². The van der Waals surface area contributed by atoms with Crippen LogP contribution in [0.1, 0.15) is 32.3 Å². The van der Waals surface area contributed by atoms with Crippen molar-refractivity contribution in [3.63, 3.8) is 0 Å². The smallest absolute Gasteiger partial charge is 0.251 e. The summed E-state index contributed by atoms with van der Waals surface area (Å²) >= 11 is 0. The number of rotatable bonds is 7. The molecule has 1 aromatic carbocycles. The summed E-state index contributed by atoms with van der Waals surface area (Å²) in [5.41, 5.74) is 0.632. The quantitative estimate of drug-likeness (QED) is 0.841. The summed E-state index contributed by atoms with van der Waals surface area (Å²) in [5, 5.41) is 2.98. The molecule has 0 spiro atoms. The molecule has 1 N–H and O–H groups in total. The molecule has 0 radical (unpaired) electrons. The van der Waals surface area contributed by atoms with Gasteiger partial charge < -0.3 is 10.1 Å². The molecule has 22 heavy (non-hydrogen) atoms. The van der Waals surface area contributed by atoms with Crippen molar-refractivity contribution in [2.24, 2.45) is 5.92 Å². The third-order valence-corrected chi connectivity index (χ3v) is 4.51. The third-order valence-electron chi connectivity index (χ3n) is 4.51. The highest BCUT2D eigenvalue weighted by atomic mass is 16.5. The number of hydrogen-bond donors (Lipinski definition) is 1. The van der Waals surface area contributed by atoms with Gasteiger partial charge in [0.1, 0.15) is 5.60 Å². The molecule has 1 heterocycles. The second-order valence-corrected chi connectivity index (χ2v) is 6.63. The largest absolute Gasteiger partial charge is 0.369 e. The van der Waals surface area contributed by atoms with Gasteiger partial charge in [-0.05, 0) is 44.7 Å². The number of nitrogens with one attached hydrogen (secondary N) is 1. The van der Waals surface area contributed by atoms with Crippen LogP contribution >= 0.6 is 0 Å². The van der Waals surface area contributed by atoms with Crippen LogP contribution in [0.3, 0.4) is 0 Å². The fraction of sp³-hybridized carbons (Fsp3) is 0.611. The maximum Gasteiger partial charge on any atom is 0.251 e. The van der Waals surface area contributed by atoms with E-state index in [1.165, 1.54) is 12.0 Å². The second-order valence-electron chi connectivity index (χ2n) is 6.63. The summed E-state index contributed by atoms with van der Waals surface area (Å²) in [7, 11) is 1.57. The predicted molar refractivity (Wildman–Crippen MR) is 88.5 cm³/mol. The zero-order valence-electron chi connectivity index (χ0n) is 14.0. The Bertz CT molecular complexity index is 473. The van der Waals surface area contributed by atoms with Crippen molar-refractivity contribution in [1.82, 2.24) is 10.2 Å². The first-order valence-electron chi connectivity index (χ1n) is 8.11. The minimum Gasteiger partial charge on any atom is -0.369 e. The lowest BCUT2D eigenvalue weighted by Crippen LogP contribution is -2.44. The van der Waals surface area contributed by atoms with Crippen LogP contribution in [-0.2, 0) is 16.1 Å². The van der Waals surface area contributed by atoms with E-state index in [9.17, 15) is 4.79 Å². The molecule has 1 atom stereocenters. The summed E-state index contributed by atoms with van der Waals surface area (Å²) in [4.78, 5) is 14.4. The average molecular weight is 304 g/mol. The summed E-state index contributed by atoms with van der Waals surface area (Å²) in [5.74, 6) is 0.642. The zero-order valence-corrected chi connectivity index (χ0v) is 14.0. The number of carbonyl (C=O) groups excluding carboxylic acids is 1. The van der Waals surface area contributed by atoms with E-state index in [1.807, 2.05) is 0 Å². The number of likely N-dealkylation sites (tertiary alicyclic amines) is 1. The second kappa shape index (κ2) is 7.75. The molecule has 1 aromatic rings. The molecule has 2 rings (SSSR count). The van der Waals surface area contributed by atoms with E-state index in [2.05, 4.69) is 40.5 Å². The molecule has 1 amide bonds. The van der Waals surface area contributed by atoms with E-state index >= 15 is 0 Å². The molecule has 0 bridgehead atoms. The number of amides is 1. The van der Waals surface area contributed by atoms with Gasteiger partial charge in [0.15, 0.2) is 0 Å². The van der Waals surface area contributed by atoms with Crippen molar-refractivity contribution in [2.75, 3.05) is 26.7 Å². The van der Waals surface area contributed by atoms with Gasteiger partial charge in [-0.15, -0.1) is 0 Å². The highest BCUT2D eigenvalue weighted by molar-refractivity contribution is 5.84. The molecule has 1 aliphatic heterocycles. The highest BCUT2D eigenvalue weighted by Crippen LogP contribution is 2.21. The number of methoxy groups -OCH3 is 1. The lowest BCUT2D eigenvalue weighted by Gasteiger charge is -2.22. The lowest BCUT2D eigenvalue weighted by molar-refractivity contribution is -0.139. The van der Waals surface area contributed by atoms with Crippen molar-refractivity contribution >= 4 is 5.91 Å². The fourth-order valence-electron chi connectivity index (χ4n) is 2.83. The Hall–Kier alpha value is -1.39. The van der Waals surface area contributed by atoms with E-state index in [-0.39, 0.29) is 5.91 Å². The van der Waals surface area contributed by atoms with Crippen LogP contribution in [0.25, 0.3) is 0 Å². The van der Waals surface area contributed by atoms with E-state index in [0.717, 1.165) is 32.6 Å². The van der Waals surface area contributed by atoms with Crippen LogP contribution in [0, 0.1) is 5.92 Å². The van der Waals surface area contributed by atoms with E-state index in [4.69, 9.17) is 4.74 Å². The maximum atomic E-state index is 11.9. The van der Waals surface area contributed by atoms with Gasteiger partial charge >= 0.3 is 0 Å². The predicted octanol–water partition coefficient (Wildman–Crippen LogP) is 2.44. The Morgan fingerprint density at radius 2 is 2.09 bits per heavy atom. The van der Waals surface area contributed by atoms with Crippen LogP contribution in [0.2, 0.25) is 0 Å². The lowest BCUT2D eigenvalue weighted by atomic mass is 10.0. The molecule has 122 valence electrons. The fourth-order valence-corrected chi connectivity index (χ4v) is 2.83. The molecular formula is C18H28N2O2. The average Bonchev–Trinajstić information content (AvgIpc) is 2.95. The van der Waals surface area contributed by atoms with E-state index < -0.39 is 5.60 Å². The number of benzene rings is 1. The SMILES string of the molecule is COC(C)(C)C(=O)NCC[C@@H]1CCN(Cc2ccccc2)C1. The summed E-state index contributed by atoms with van der Waals surface area (Å²) in [6, 6.07) is 10.6. The molecule has 0 saturated carbocycles. The van der Waals surface area contributed by atoms with Crippen molar-refractivity contribution in [3.05, 3.63) is 35.9 Å². The van der Waals surface area contributed by atoms with Crippen LogP contribution < -0.4 is 5.32 Å². The van der Waals surface area contributed by atoms with Gasteiger partial charge in [-0.25, -0.2) is 0 Å². The van der Waals surface area contributed by atoms with Gasteiger partial charge in [0.2, 0.25) is 0 Å². The summed E-state index contributed by atoms with van der Waals surface area (Å²) in [6.45, 7) is 7.62. The first-order valence-corrected chi connectivity index (χ1v) is 8.11. The zero-order chi connectivity index (χ0) is 16.0. The van der Waals surface area contributed by atoms with Crippen LogP contribution in [0.15, 0.2) is 30.3 Å². The Morgan fingerprint density at radius 1 is 1.36 bits per heavy atom. The number of hydrogen-bond acceptors (Lipinski definition) is 3. The number of nitrogens with zero attached hydrogens (tertiary/aromatic N) is 1. The maximum absolute atomic E-state index is 11.9. The Balaban J connectivity index is 1.68. The molecule has 0 aromatic heterocycles. The molecule has 0 aliphatic carbocycles. The first kappa shape index (κ1) is 17.0. The van der Waals surface area contributed by atoms with Crippen molar-refractivity contribution in [1.29, 1.82) is 0 Å². The van der Waals surface area contributed by atoms with Crippen LogP contribution in [0.4, 0.5) is 0 Å². The van der Waals surface area contributed by atoms with Gasteiger partial charge in [0.05, 0.1) is 0 Å². The van der Waals surface area contributed by atoms with Gasteiger partial charge in [-0.3, -0.25) is 9.69 Å². The Morgan fingerprint density at radius 3 is 2.77 bits per heavy atom. The third kappa shape index (κ3) is 4.82. The Labute approximate surface area is 133 Å². The van der Waals surface area contributed by atoms with Crippen molar-refractivity contribution in [2.45, 2.75) is 38.8 Å². The van der Waals surface area contributed by atoms with Gasteiger partial charge in [0, 0.05) is 26.7 Å². The minimum atomic E-state index is -0.741. The van der Waals surface area contributed by atoms with Gasteiger partial charge in [0.25, 0.3) is 5.91 Å². The first-order chi connectivity index (χ1) is 10.5. The van der Waals surface area contributed by atoms with Crippen molar-refractivity contribution in [3.8, 4) is 0 Å². The monoisotopic (exact) mass is 304 g/mol. The minimum absolute atomic E-state index is 0.0332. The summed E-state index contributed by atoms with van der Waals surface area (Å²) < 4.78 is 5.19. The standard InChI is InChI=1S/C18H28N2O2/c1-18(2,22-3)17(21)19-11-9-16-10-12-20(14-16)13-15-7-5-4-6-8-15/h4-8,16H,9-14H2,1-3H3,(H,19,21)/t16-/m1/s1. The molecule has 1 aliphatic rings. The van der Waals surface area contributed by atoms with E-state index in [0.29, 0.717) is 5.92 Å². The normalized spacial score (nSPS) is 19.3. The highest BCUT2D eigenvalue weighted by Gasteiger charge is 2.27. The molecule has 0 unspecified atom stereocenters. The van der Waals surface area contributed by atoms with Crippen LogP contribution in [0.5, 0.6) is 0 Å². The Kier molecular flexibility index (Phi) is 5.98. The summed E-state index contributed by atoms with van der Waals surface area (Å²) in [6.07, 6.45) is 2.26. The van der Waals surface area contributed by atoms with Gasteiger partial charge in [-0.2, -0.15) is 0 Å². The number of carbonyl (C=O) groups is 1. The molecule has 1 fully saturated rings. The van der Waals surface area contributed by atoms with E-state index in [1.54, 1.807) is 21.0 Å².